The fraction of sp³-hybridized carbons (Fsp3) is 0.300. The van der Waals surface area contributed by atoms with Gasteiger partial charge in [-0.15, -0.1) is 5.10 Å². The maximum absolute atomic E-state index is 5.95. The smallest absolute Gasteiger partial charge is 0.173 e. The number of aromatic nitrogens is 4. The number of tetrazole rings is 1. The van der Waals surface area contributed by atoms with Crippen molar-refractivity contribution < 1.29 is 4.74 Å². The standard InChI is InChI=1S/C10H12ClN5O/c1-6(12)10-13-14-15-16(10)8-5-7(11)3-4-9(8)17-2/h3-6H,12H2,1-2H3. The van der Waals surface area contributed by atoms with E-state index in [9.17, 15) is 0 Å². The zero-order valence-electron chi connectivity index (χ0n) is 9.46. The zero-order chi connectivity index (χ0) is 12.4. The summed E-state index contributed by atoms with van der Waals surface area (Å²) in [5.41, 5.74) is 6.45. The summed E-state index contributed by atoms with van der Waals surface area (Å²) in [5, 5.41) is 12.0. The van der Waals surface area contributed by atoms with Crippen LogP contribution in [0.2, 0.25) is 5.02 Å². The number of rotatable bonds is 3. The molecule has 0 bridgehead atoms. The van der Waals surface area contributed by atoms with Gasteiger partial charge in [0.05, 0.1) is 13.2 Å². The van der Waals surface area contributed by atoms with E-state index in [1.807, 2.05) is 0 Å². The Hall–Kier alpha value is -1.66. The highest BCUT2D eigenvalue weighted by atomic mass is 35.5. The third-order valence-electron chi connectivity index (χ3n) is 2.27. The van der Waals surface area contributed by atoms with Crippen molar-refractivity contribution in [3.8, 4) is 11.4 Å². The molecule has 1 heterocycles. The molecule has 1 atom stereocenters. The van der Waals surface area contributed by atoms with Gasteiger partial charge >= 0.3 is 0 Å². The van der Waals surface area contributed by atoms with Gasteiger partial charge in [-0.3, -0.25) is 0 Å². The van der Waals surface area contributed by atoms with Gasteiger partial charge < -0.3 is 10.5 Å². The van der Waals surface area contributed by atoms with Gasteiger partial charge in [-0.25, -0.2) is 0 Å². The van der Waals surface area contributed by atoms with Crippen molar-refractivity contribution in [1.29, 1.82) is 0 Å². The van der Waals surface area contributed by atoms with Gasteiger partial charge in [0, 0.05) is 5.02 Å². The van der Waals surface area contributed by atoms with E-state index in [-0.39, 0.29) is 6.04 Å². The van der Waals surface area contributed by atoms with Gasteiger partial charge in [0.2, 0.25) is 0 Å². The van der Waals surface area contributed by atoms with E-state index in [1.165, 1.54) is 4.68 Å². The second kappa shape index (κ2) is 4.68. The van der Waals surface area contributed by atoms with Crippen molar-refractivity contribution in [2.24, 2.45) is 5.73 Å². The molecule has 0 amide bonds. The van der Waals surface area contributed by atoms with Gasteiger partial charge in [0.1, 0.15) is 11.4 Å². The van der Waals surface area contributed by atoms with Crippen LogP contribution < -0.4 is 10.5 Å². The minimum Gasteiger partial charge on any atom is -0.494 e. The van der Waals surface area contributed by atoms with Crippen LogP contribution >= 0.6 is 11.6 Å². The van der Waals surface area contributed by atoms with E-state index < -0.39 is 0 Å². The van der Waals surface area contributed by atoms with Crippen LogP contribution in [0, 0.1) is 0 Å². The number of benzene rings is 1. The van der Waals surface area contributed by atoms with Crippen molar-refractivity contribution in [2.45, 2.75) is 13.0 Å². The first-order valence-corrected chi connectivity index (χ1v) is 5.39. The first-order valence-electron chi connectivity index (χ1n) is 5.01. The first-order chi connectivity index (χ1) is 8.13. The minimum atomic E-state index is -0.284. The Balaban J connectivity index is 2.59. The number of hydrogen-bond donors (Lipinski definition) is 1. The van der Waals surface area contributed by atoms with Crippen LogP contribution in [0.4, 0.5) is 0 Å². The van der Waals surface area contributed by atoms with Gasteiger partial charge in [-0.1, -0.05) is 11.6 Å². The van der Waals surface area contributed by atoms with Crippen molar-refractivity contribution in [1.82, 2.24) is 20.2 Å². The highest BCUT2D eigenvalue weighted by molar-refractivity contribution is 6.30. The number of nitrogens with two attached hydrogens (primary N) is 1. The summed E-state index contributed by atoms with van der Waals surface area (Å²) in [6, 6.07) is 4.93. The molecule has 2 N–H and O–H groups in total. The fourth-order valence-electron chi connectivity index (χ4n) is 1.48. The topological polar surface area (TPSA) is 78.8 Å². The first kappa shape index (κ1) is 11.8. The molecule has 1 unspecified atom stereocenters. The summed E-state index contributed by atoms with van der Waals surface area (Å²) in [4.78, 5) is 0. The molecule has 7 heteroatoms. The van der Waals surface area contributed by atoms with Crippen LogP contribution in [0.15, 0.2) is 18.2 Å². The molecule has 0 saturated heterocycles. The number of hydrogen-bond acceptors (Lipinski definition) is 5. The molecule has 0 aliphatic heterocycles. The van der Waals surface area contributed by atoms with E-state index in [1.54, 1.807) is 32.2 Å². The lowest BCUT2D eigenvalue weighted by molar-refractivity contribution is 0.410. The number of methoxy groups -OCH3 is 1. The predicted octanol–water partition coefficient (Wildman–Crippen LogP) is 1.34. The van der Waals surface area contributed by atoms with Crippen molar-refractivity contribution >= 4 is 11.6 Å². The zero-order valence-corrected chi connectivity index (χ0v) is 10.2. The lowest BCUT2D eigenvalue weighted by Gasteiger charge is -2.11. The molecule has 0 aliphatic rings. The van der Waals surface area contributed by atoms with Crippen molar-refractivity contribution in [3.05, 3.63) is 29.0 Å². The van der Waals surface area contributed by atoms with E-state index >= 15 is 0 Å². The summed E-state index contributed by atoms with van der Waals surface area (Å²) >= 11 is 5.95. The summed E-state index contributed by atoms with van der Waals surface area (Å²) < 4.78 is 6.77. The van der Waals surface area contributed by atoms with E-state index in [0.717, 1.165) is 0 Å². The maximum atomic E-state index is 5.95. The van der Waals surface area contributed by atoms with Crippen LogP contribution in [0.5, 0.6) is 5.75 Å². The SMILES string of the molecule is COc1ccc(Cl)cc1-n1nnnc1C(C)N. The molecule has 0 saturated carbocycles. The van der Waals surface area contributed by atoms with Gasteiger partial charge in [0.15, 0.2) is 5.82 Å². The molecule has 1 aromatic heterocycles. The number of halogens is 1. The van der Waals surface area contributed by atoms with Crippen LogP contribution in [0.3, 0.4) is 0 Å². The van der Waals surface area contributed by atoms with Gasteiger partial charge in [-0.05, 0) is 35.5 Å². The van der Waals surface area contributed by atoms with Crippen molar-refractivity contribution in [3.63, 3.8) is 0 Å². The third kappa shape index (κ3) is 2.22. The molecule has 0 fully saturated rings. The maximum Gasteiger partial charge on any atom is 0.173 e. The Labute approximate surface area is 103 Å². The van der Waals surface area contributed by atoms with Gasteiger partial charge in [-0.2, -0.15) is 4.68 Å². The molecular formula is C10H12ClN5O. The largest absolute Gasteiger partial charge is 0.494 e. The van der Waals surface area contributed by atoms with Gasteiger partial charge in [0.25, 0.3) is 0 Å². The Morgan fingerprint density at radius 2 is 2.24 bits per heavy atom. The normalized spacial score (nSPS) is 12.5. The Kier molecular flexibility index (Phi) is 3.26. The molecule has 0 aliphatic carbocycles. The van der Waals surface area contributed by atoms with Crippen LogP contribution in [0.25, 0.3) is 5.69 Å². The quantitative estimate of drug-likeness (QED) is 0.893. The molecule has 17 heavy (non-hydrogen) atoms. The summed E-state index contributed by atoms with van der Waals surface area (Å²) in [6.07, 6.45) is 0. The Morgan fingerprint density at radius 1 is 1.47 bits per heavy atom. The van der Waals surface area contributed by atoms with E-state index in [4.69, 9.17) is 22.1 Å². The van der Waals surface area contributed by atoms with Crippen LogP contribution in [0.1, 0.15) is 18.8 Å². The van der Waals surface area contributed by atoms with E-state index in [0.29, 0.717) is 22.3 Å². The minimum absolute atomic E-state index is 0.284. The molecule has 0 radical (unpaired) electrons. The molecule has 1 aromatic carbocycles. The highest BCUT2D eigenvalue weighted by Crippen LogP contribution is 2.27. The van der Waals surface area contributed by atoms with Crippen molar-refractivity contribution in [2.75, 3.05) is 7.11 Å². The second-order valence-corrected chi connectivity index (χ2v) is 3.99. The highest BCUT2D eigenvalue weighted by Gasteiger charge is 2.15. The predicted molar refractivity (Wildman–Crippen MR) is 63.3 cm³/mol. The molecule has 2 aromatic rings. The lowest BCUT2D eigenvalue weighted by atomic mass is 10.2. The fourth-order valence-corrected chi connectivity index (χ4v) is 1.64. The van der Waals surface area contributed by atoms with Crippen LogP contribution in [-0.4, -0.2) is 27.3 Å². The number of nitrogens with zero attached hydrogens (tertiary/aromatic N) is 4. The molecular weight excluding hydrogens is 242 g/mol. The second-order valence-electron chi connectivity index (χ2n) is 3.55. The average molecular weight is 254 g/mol. The van der Waals surface area contributed by atoms with Crippen LogP contribution in [-0.2, 0) is 0 Å². The van der Waals surface area contributed by atoms with E-state index in [2.05, 4.69) is 15.5 Å². The Bertz CT molecular complexity index is 525. The summed E-state index contributed by atoms with van der Waals surface area (Å²) in [5.74, 6) is 1.18. The summed E-state index contributed by atoms with van der Waals surface area (Å²) in [6.45, 7) is 1.80. The number of ether oxygens (including phenoxy) is 1. The monoisotopic (exact) mass is 253 g/mol. The molecule has 0 spiro atoms. The average Bonchev–Trinajstić information content (AvgIpc) is 2.77. The molecule has 2 rings (SSSR count). The molecule has 90 valence electrons. The summed E-state index contributed by atoms with van der Waals surface area (Å²) in [7, 11) is 1.57. The lowest BCUT2D eigenvalue weighted by Crippen LogP contribution is -2.13. The Morgan fingerprint density at radius 3 is 2.88 bits per heavy atom. The molecule has 6 nitrogen and oxygen atoms in total. The third-order valence-corrected chi connectivity index (χ3v) is 2.51.